The Balaban J connectivity index is 1.97. The van der Waals surface area contributed by atoms with E-state index in [-0.39, 0.29) is 0 Å². The van der Waals surface area contributed by atoms with E-state index in [1.54, 1.807) is 0 Å². The molecule has 0 saturated heterocycles. The van der Waals surface area contributed by atoms with Crippen molar-refractivity contribution < 1.29 is 0 Å². The normalized spacial score (nSPS) is 19.0. The molecule has 0 aromatic carbocycles. The molecule has 0 amide bonds. The fourth-order valence-corrected chi connectivity index (χ4v) is 1.39. The minimum Gasteiger partial charge on any atom is -0.307 e. The van der Waals surface area contributed by atoms with E-state index in [1.807, 2.05) is 17.9 Å². The van der Waals surface area contributed by atoms with E-state index >= 15 is 0 Å². The Labute approximate surface area is 79.1 Å². The van der Waals surface area contributed by atoms with Crippen LogP contribution in [-0.4, -0.2) is 15.3 Å². The van der Waals surface area contributed by atoms with Crippen LogP contribution in [0, 0.1) is 6.92 Å². The van der Waals surface area contributed by atoms with Gasteiger partial charge in [0.15, 0.2) is 0 Å². The molecule has 1 aromatic heterocycles. The average Bonchev–Trinajstić information content (AvgIpc) is 2.75. The van der Waals surface area contributed by atoms with Gasteiger partial charge in [-0.1, -0.05) is 0 Å². The van der Waals surface area contributed by atoms with Gasteiger partial charge in [0.25, 0.3) is 0 Å². The maximum absolute atomic E-state index is 4.21. The van der Waals surface area contributed by atoms with Crippen molar-refractivity contribution in [3.05, 3.63) is 17.5 Å². The zero-order valence-corrected chi connectivity index (χ0v) is 8.59. The van der Waals surface area contributed by atoms with Crippen LogP contribution in [0.2, 0.25) is 0 Å². The number of nitrogens with one attached hydrogen (secondary N) is 1. The van der Waals surface area contributed by atoms with Gasteiger partial charge in [-0.3, -0.25) is 4.68 Å². The van der Waals surface area contributed by atoms with Gasteiger partial charge in [-0.15, -0.1) is 0 Å². The number of aryl methyl sites for hydroxylation is 1. The monoisotopic (exact) mass is 179 g/mol. The van der Waals surface area contributed by atoms with E-state index in [4.69, 9.17) is 0 Å². The molecule has 1 aromatic rings. The Kier molecular flexibility index (Phi) is 1.91. The Hall–Kier alpha value is -0.830. The van der Waals surface area contributed by atoms with Crippen molar-refractivity contribution in [1.29, 1.82) is 0 Å². The molecule has 1 aliphatic rings. The zero-order valence-electron chi connectivity index (χ0n) is 8.59. The zero-order chi connectivity index (χ0) is 9.47. The second-order valence-electron chi connectivity index (χ2n) is 4.29. The van der Waals surface area contributed by atoms with E-state index in [0.717, 1.165) is 6.54 Å². The second kappa shape index (κ2) is 2.84. The molecular weight excluding hydrogens is 162 g/mol. The minimum absolute atomic E-state index is 0.419. The summed E-state index contributed by atoms with van der Waals surface area (Å²) in [5, 5.41) is 7.76. The summed E-state index contributed by atoms with van der Waals surface area (Å²) >= 11 is 0. The van der Waals surface area contributed by atoms with Crippen molar-refractivity contribution in [1.82, 2.24) is 15.1 Å². The quantitative estimate of drug-likeness (QED) is 0.759. The molecule has 0 aliphatic heterocycles. The lowest BCUT2D eigenvalue weighted by molar-refractivity contribution is 0.536. The van der Waals surface area contributed by atoms with E-state index < -0.39 is 0 Å². The highest BCUT2D eigenvalue weighted by atomic mass is 15.3. The van der Waals surface area contributed by atoms with Gasteiger partial charge in [0.05, 0.1) is 6.20 Å². The Morgan fingerprint density at radius 2 is 2.31 bits per heavy atom. The van der Waals surface area contributed by atoms with Crippen LogP contribution in [0.25, 0.3) is 0 Å². The van der Waals surface area contributed by atoms with Crippen molar-refractivity contribution >= 4 is 0 Å². The average molecular weight is 179 g/mol. The molecule has 0 bridgehead atoms. The third-order valence-corrected chi connectivity index (χ3v) is 3.04. The summed E-state index contributed by atoms with van der Waals surface area (Å²) in [5.41, 5.74) is 3.00. The molecule has 0 atom stereocenters. The molecule has 72 valence electrons. The molecule has 3 heteroatoms. The van der Waals surface area contributed by atoms with Crippen LogP contribution < -0.4 is 5.32 Å². The van der Waals surface area contributed by atoms with Crippen LogP contribution in [0.15, 0.2) is 6.20 Å². The third-order valence-electron chi connectivity index (χ3n) is 3.04. The highest BCUT2D eigenvalue weighted by molar-refractivity contribution is 5.16. The Morgan fingerprint density at radius 3 is 2.77 bits per heavy atom. The van der Waals surface area contributed by atoms with Crippen LogP contribution in [0.4, 0.5) is 0 Å². The van der Waals surface area contributed by atoms with E-state index in [1.165, 1.54) is 24.1 Å². The summed E-state index contributed by atoms with van der Waals surface area (Å²) in [6.07, 6.45) is 4.58. The van der Waals surface area contributed by atoms with Gasteiger partial charge in [-0.25, -0.2) is 0 Å². The van der Waals surface area contributed by atoms with Gasteiger partial charge in [0.2, 0.25) is 0 Å². The number of hydrogen-bond acceptors (Lipinski definition) is 2. The molecule has 0 spiro atoms. The predicted octanol–water partition coefficient (Wildman–Crippen LogP) is 1.37. The van der Waals surface area contributed by atoms with E-state index in [0.29, 0.717) is 5.54 Å². The number of nitrogens with zero attached hydrogens (tertiary/aromatic N) is 2. The standard InChI is InChI=1S/C10H17N3/c1-8-9(7-12-13(8)3)6-11-10(2)4-5-10/h7,11H,4-6H2,1-3H3. The highest BCUT2D eigenvalue weighted by Crippen LogP contribution is 2.34. The SMILES string of the molecule is Cc1c(CNC2(C)CC2)cnn1C. The molecule has 0 radical (unpaired) electrons. The number of aromatic nitrogens is 2. The van der Waals surface area contributed by atoms with Crippen LogP contribution in [-0.2, 0) is 13.6 Å². The van der Waals surface area contributed by atoms with Gasteiger partial charge in [-0.2, -0.15) is 5.10 Å². The molecule has 3 nitrogen and oxygen atoms in total. The van der Waals surface area contributed by atoms with Crippen LogP contribution in [0.1, 0.15) is 31.0 Å². The fraction of sp³-hybridized carbons (Fsp3) is 0.700. The first-order valence-corrected chi connectivity index (χ1v) is 4.83. The van der Waals surface area contributed by atoms with Gasteiger partial charge in [0, 0.05) is 30.4 Å². The van der Waals surface area contributed by atoms with Crippen molar-refractivity contribution in [3.63, 3.8) is 0 Å². The maximum atomic E-state index is 4.21. The molecule has 0 unspecified atom stereocenters. The topological polar surface area (TPSA) is 29.9 Å². The molecule has 13 heavy (non-hydrogen) atoms. The third kappa shape index (κ3) is 1.75. The van der Waals surface area contributed by atoms with E-state index in [2.05, 4.69) is 24.3 Å². The molecule has 2 rings (SSSR count). The molecule has 1 fully saturated rings. The van der Waals surface area contributed by atoms with E-state index in [9.17, 15) is 0 Å². The molecule has 1 N–H and O–H groups in total. The molecule has 1 heterocycles. The lowest BCUT2D eigenvalue weighted by Crippen LogP contribution is -2.27. The van der Waals surface area contributed by atoms with Gasteiger partial charge in [0.1, 0.15) is 0 Å². The lowest BCUT2D eigenvalue weighted by Gasteiger charge is -2.10. The lowest BCUT2D eigenvalue weighted by atomic mass is 10.2. The first-order valence-electron chi connectivity index (χ1n) is 4.83. The van der Waals surface area contributed by atoms with Crippen LogP contribution in [0.3, 0.4) is 0 Å². The minimum atomic E-state index is 0.419. The Morgan fingerprint density at radius 1 is 1.62 bits per heavy atom. The van der Waals surface area contributed by atoms with Crippen LogP contribution in [0.5, 0.6) is 0 Å². The summed E-state index contributed by atoms with van der Waals surface area (Å²) in [6.45, 7) is 5.34. The van der Waals surface area contributed by atoms with Gasteiger partial charge < -0.3 is 5.32 Å². The van der Waals surface area contributed by atoms with Crippen molar-refractivity contribution in [3.8, 4) is 0 Å². The maximum Gasteiger partial charge on any atom is 0.0537 e. The van der Waals surface area contributed by atoms with Crippen molar-refractivity contribution in [2.24, 2.45) is 7.05 Å². The summed E-state index contributed by atoms with van der Waals surface area (Å²) in [7, 11) is 1.98. The largest absolute Gasteiger partial charge is 0.307 e. The number of hydrogen-bond donors (Lipinski definition) is 1. The van der Waals surface area contributed by atoms with Crippen molar-refractivity contribution in [2.45, 2.75) is 38.8 Å². The van der Waals surface area contributed by atoms with Crippen LogP contribution >= 0.6 is 0 Å². The summed E-state index contributed by atoms with van der Waals surface area (Å²) < 4.78 is 1.92. The Bertz CT molecular complexity index is 310. The predicted molar refractivity (Wildman–Crippen MR) is 52.4 cm³/mol. The summed E-state index contributed by atoms with van der Waals surface area (Å²) in [5.74, 6) is 0. The molecule has 1 aliphatic carbocycles. The summed E-state index contributed by atoms with van der Waals surface area (Å²) in [4.78, 5) is 0. The highest BCUT2D eigenvalue weighted by Gasteiger charge is 2.36. The van der Waals surface area contributed by atoms with Gasteiger partial charge in [-0.05, 0) is 26.7 Å². The van der Waals surface area contributed by atoms with Crippen molar-refractivity contribution in [2.75, 3.05) is 0 Å². The second-order valence-corrected chi connectivity index (χ2v) is 4.29. The smallest absolute Gasteiger partial charge is 0.0537 e. The number of rotatable bonds is 3. The first kappa shape index (κ1) is 8.75. The fourth-order valence-electron chi connectivity index (χ4n) is 1.39. The summed E-state index contributed by atoms with van der Waals surface area (Å²) in [6, 6.07) is 0. The molecule has 1 saturated carbocycles. The first-order chi connectivity index (χ1) is 6.11. The molecular formula is C10H17N3. The van der Waals surface area contributed by atoms with Gasteiger partial charge >= 0.3 is 0 Å².